The molecular weight excluding hydrogens is 861 g/mol. The minimum absolute atomic E-state index is 0.896. The Morgan fingerprint density at radius 1 is 0.296 bits per heavy atom. The van der Waals surface area contributed by atoms with Crippen molar-refractivity contribution in [2.45, 2.75) is 0 Å². The van der Waals surface area contributed by atoms with Gasteiger partial charge < -0.3 is 13.9 Å². The number of rotatable bonds is 8. The molecule has 0 radical (unpaired) electrons. The number of nitrogens with zero attached hydrogens (tertiary/aromatic N) is 2. The monoisotopic (exact) mass is 904 g/mol. The van der Waals surface area contributed by atoms with Gasteiger partial charge in [0.15, 0.2) is 0 Å². The van der Waals surface area contributed by atoms with Crippen molar-refractivity contribution in [3.63, 3.8) is 0 Å². The Hall–Kier alpha value is -9.44. The fourth-order valence-electron chi connectivity index (χ4n) is 11.2. The Balaban J connectivity index is 0.930. The molecule has 0 bridgehead atoms. The lowest BCUT2D eigenvalue weighted by Gasteiger charge is -2.30. The van der Waals surface area contributed by atoms with E-state index in [-0.39, 0.29) is 0 Å². The van der Waals surface area contributed by atoms with Gasteiger partial charge in [0.25, 0.3) is 0 Å². The number of para-hydroxylation sites is 7. The molecule has 2 heterocycles. The number of hydrogen-bond acceptors (Lipinski definition) is 2. The summed E-state index contributed by atoms with van der Waals surface area (Å²) in [5, 5.41) is 9.68. The summed E-state index contributed by atoms with van der Waals surface area (Å²) >= 11 is 0. The summed E-state index contributed by atoms with van der Waals surface area (Å²) in [6, 6.07) is 96.8. The highest BCUT2D eigenvalue weighted by molar-refractivity contribution is 6.16. The van der Waals surface area contributed by atoms with Crippen molar-refractivity contribution < 1.29 is 4.42 Å². The molecule has 3 heteroatoms. The van der Waals surface area contributed by atoms with Gasteiger partial charge in [-0.2, -0.15) is 0 Å². The maximum absolute atomic E-state index is 6.53. The van der Waals surface area contributed by atoms with Crippen molar-refractivity contribution in [3.05, 3.63) is 267 Å². The molecule has 0 atom stereocenters. The van der Waals surface area contributed by atoms with E-state index in [4.69, 9.17) is 4.42 Å². The summed E-state index contributed by atoms with van der Waals surface area (Å²) < 4.78 is 8.95. The second kappa shape index (κ2) is 16.7. The highest BCUT2D eigenvalue weighted by Gasteiger charge is 2.23. The van der Waals surface area contributed by atoms with Gasteiger partial charge in [-0.3, -0.25) is 0 Å². The first-order valence-electron chi connectivity index (χ1n) is 24.3. The lowest BCUT2D eigenvalue weighted by Crippen LogP contribution is -2.12. The van der Waals surface area contributed by atoms with Crippen molar-refractivity contribution in [1.29, 1.82) is 0 Å². The van der Waals surface area contributed by atoms with Crippen molar-refractivity contribution in [3.8, 4) is 50.2 Å². The van der Waals surface area contributed by atoms with Gasteiger partial charge in [-0.25, -0.2) is 0 Å². The van der Waals surface area contributed by atoms with Crippen molar-refractivity contribution in [2.24, 2.45) is 0 Å². The van der Waals surface area contributed by atoms with E-state index in [1.54, 1.807) is 0 Å². The molecule has 2 aromatic heterocycles. The zero-order valence-corrected chi connectivity index (χ0v) is 38.7. The van der Waals surface area contributed by atoms with Gasteiger partial charge in [0.05, 0.1) is 28.1 Å². The van der Waals surface area contributed by atoms with E-state index in [0.29, 0.717) is 0 Å². The van der Waals surface area contributed by atoms with Crippen LogP contribution in [0.1, 0.15) is 0 Å². The van der Waals surface area contributed by atoms with E-state index in [1.807, 2.05) is 12.1 Å². The number of fused-ring (bicyclic) bond motifs is 9. The number of furan rings is 1. The van der Waals surface area contributed by atoms with E-state index in [0.717, 1.165) is 78.1 Å². The Morgan fingerprint density at radius 3 is 1.51 bits per heavy atom. The molecule has 0 aliphatic rings. The molecule has 0 spiro atoms. The lowest BCUT2D eigenvalue weighted by atomic mass is 9.91. The highest BCUT2D eigenvalue weighted by Crippen LogP contribution is 2.48. The molecule has 0 saturated carbocycles. The van der Waals surface area contributed by atoms with Crippen LogP contribution >= 0.6 is 0 Å². The summed E-state index contributed by atoms with van der Waals surface area (Å²) in [6.45, 7) is 0. The van der Waals surface area contributed by atoms with Crippen LogP contribution in [0.15, 0.2) is 271 Å². The highest BCUT2D eigenvalue weighted by atomic mass is 16.3. The fraction of sp³-hybridized carbons (Fsp3) is 0. The SMILES string of the molecule is c1ccc(N(c2ccc(-c3cccc4c3oc3ccccc34)cc2)c2ccccc2-c2cc3ccccc3c3ccccc23)c(-c2ccc(-c3ccccc3-n3c4ccccc4c4ccccc43)cc2)c1. The first-order valence-corrected chi connectivity index (χ1v) is 24.3. The van der Waals surface area contributed by atoms with Crippen LogP contribution in [0.2, 0.25) is 0 Å². The maximum Gasteiger partial charge on any atom is 0.143 e. The van der Waals surface area contributed by atoms with Gasteiger partial charge in [-0.05, 0) is 98.4 Å². The summed E-state index contributed by atoms with van der Waals surface area (Å²) in [7, 11) is 0. The average Bonchev–Trinajstić information content (AvgIpc) is 4.00. The zero-order valence-electron chi connectivity index (χ0n) is 38.7. The molecule has 14 aromatic rings. The first kappa shape index (κ1) is 40.6. The second-order valence-corrected chi connectivity index (χ2v) is 18.4. The van der Waals surface area contributed by atoms with Crippen LogP contribution < -0.4 is 4.90 Å². The molecule has 332 valence electrons. The van der Waals surface area contributed by atoms with E-state index >= 15 is 0 Å². The molecule has 0 amide bonds. The zero-order chi connectivity index (χ0) is 46.8. The number of hydrogen-bond donors (Lipinski definition) is 0. The van der Waals surface area contributed by atoms with Crippen molar-refractivity contribution >= 4 is 82.4 Å². The molecule has 0 aliphatic heterocycles. The molecule has 0 fully saturated rings. The summed E-state index contributed by atoms with van der Waals surface area (Å²) in [4.78, 5) is 2.45. The minimum Gasteiger partial charge on any atom is -0.455 e. The van der Waals surface area contributed by atoms with Gasteiger partial charge in [-0.15, -0.1) is 0 Å². The molecule has 0 unspecified atom stereocenters. The second-order valence-electron chi connectivity index (χ2n) is 18.4. The Bertz CT molecular complexity index is 4290. The predicted molar refractivity (Wildman–Crippen MR) is 299 cm³/mol. The molecule has 0 aliphatic carbocycles. The van der Waals surface area contributed by atoms with E-state index in [1.165, 1.54) is 54.5 Å². The van der Waals surface area contributed by atoms with E-state index in [9.17, 15) is 0 Å². The van der Waals surface area contributed by atoms with Crippen molar-refractivity contribution in [2.75, 3.05) is 4.90 Å². The lowest BCUT2D eigenvalue weighted by molar-refractivity contribution is 0.670. The molecule has 12 aromatic carbocycles. The largest absolute Gasteiger partial charge is 0.455 e. The standard InChI is InChI=1S/C68H44N2O/c1-2-19-50-48(18-1)44-61(55-23-4-3-22-54(50)55)58-26-9-13-32-64(58)69(49-42-40-47(41-43-49)53-28-17-29-60-59-27-10-16-35-67(59)71-68(53)60)62-30-11-5-20-51(62)45-36-38-46(39-37-45)52-21-6-12-31-63(52)70-65-33-14-7-24-56(65)57-25-8-15-34-66(57)70/h1-44H. The Labute approximate surface area is 411 Å². The van der Waals surface area contributed by atoms with E-state index in [2.05, 4.69) is 264 Å². The first-order chi connectivity index (χ1) is 35.2. The van der Waals surface area contributed by atoms with Gasteiger partial charge in [-0.1, -0.05) is 212 Å². The van der Waals surface area contributed by atoms with Crippen LogP contribution in [0.25, 0.3) is 115 Å². The quantitative estimate of drug-likeness (QED) is 0.142. The van der Waals surface area contributed by atoms with Crippen LogP contribution in [-0.4, -0.2) is 4.57 Å². The van der Waals surface area contributed by atoms with Crippen LogP contribution in [0.4, 0.5) is 17.1 Å². The minimum atomic E-state index is 0.896. The average molecular weight is 905 g/mol. The third-order valence-corrected chi connectivity index (χ3v) is 14.4. The summed E-state index contributed by atoms with van der Waals surface area (Å²) in [5.41, 5.74) is 17.7. The van der Waals surface area contributed by atoms with Crippen LogP contribution in [0.5, 0.6) is 0 Å². The summed E-state index contributed by atoms with van der Waals surface area (Å²) in [5.74, 6) is 0. The summed E-state index contributed by atoms with van der Waals surface area (Å²) in [6.07, 6.45) is 0. The molecule has 71 heavy (non-hydrogen) atoms. The fourth-order valence-corrected chi connectivity index (χ4v) is 11.2. The molecular formula is C68H44N2O. The molecule has 3 nitrogen and oxygen atoms in total. The van der Waals surface area contributed by atoms with Crippen LogP contribution in [0.3, 0.4) is 0 Å². The van der Waals surface area contributed by atoms with Gasteiger partial charge in [0.1, 0.15) is 11.2 Å². The van der Waals surface area contributed by atoms with E-state index < -0.39 is 0 Å². The van der Waals surface area contributed by atoms with Gasteiger partial charge in [0, 0.05) is 49.5 Å². The Morgan fingerprint density at radius 2 is 0.775 bits per heavy atom. The van der Waals surface area contributed by atoms with Crippen LogP contribution in [-0.2, 0) is 0 Å². The molecule has 14 rings (SSSR count). The normalized spacial score (nSPS) is 11.7. The molecule has 0 N–H and O–H groups in total. The number of anilines is 3. The van der Waals surface area contributed by atoms with Crippen molar-refractivity contribution in [1.82, 2.24) is 4.57 Å². The smallest absolute Gasteiger partial charge is 0.143 e. The number of benzene rings is 12. The van der Waals surface area contributed by atoms with Gasteiger partial charge in [0.2, 0.25) is 0 Å². The topological polar surface area (TPSA) is 21.3 Å². The molecule has 0 saturated heterocycles. The van der Waals surface area contributed by atoms with Crippen LogP contribution in [0, 0.1) is 0 Å². The third kappa shape index (κ3) is 6.66. The maximum atomic E-state index is 6.53. The number of aromatic nitrogens is 1. The predicted octanol–water partition coefficient (Wildman–Crippen LogP) is 19.1. The Kier molecular flexibility index (Phi) is 9.53. The van der Waals surface area contributed by atoms with Gasteiger partial charge >= 0.3 is 0 Å². The third-order valence-electron chi connectivity index (χ3n) is 14.4.